The number of amides is 2. The molecular formula is C15H28N4O3. The predicted octanol–water partition coefficient (Wildman–Crippen LogP) is -1.20. The molecule has 2 aliphatic rings. The van der Waals surface area contributed by atoms with E-state index in [1.165, 1.54) is 0 Å². The van der Waals surface area contributed by atoms with Gasteiger partial charge < -0.3 is 26.4 Å². The second-order valence-corrected chi connectivity index (χ2v) is 6.60. The lowest BCUT2D eigenvalue weighted by Gasteiger charge is -2.36. The van der Waals surface area contributed by atoms with Crippen LogP contribution in [0.25, 0.3) is 0 Å². The van der Waals surface area contributed by atoms with Crippen LogP contribution in [-0.2, 0) is 9.59 Å². The minimum atomic E-state index is -0.450. The van der Waals surface area contributed by atoms with Crippen molar-refractivity contribution in [2.75, 3.05) is 19.6 Å². The fraction of sp³-hybridized carbons (Fsp3) is 0.867. The Morgan fingerprint density at radius 2 is 1.95 bits per heavy atom. The minimum Gasteiger partial charge on any atom is -0.392 e. The number of hydrogen-bond donors (Lipinski definition) is 4. The van der Waals surface area contributed by atoms with Crippen LogP contribution in [0, 0.1) is 5.92 Å². The Morgan fingerprint density at radius 1 is 1.32 bits per heavy atom. The van der Waals surface area contributed by atoms with Gasteiger partial charge in [0.25, 0.3) is 0 Å². The third-order valence-electron chi connectivity index (χ3n) is 4.74. The summed E-state index contributed by atoms with van der Waals surface area (Å²) in [6.45, 7) is 5.60. The highest BCUT2D eigenvalue weighted by atomic mass is 16.3. The molecule has 2 fully saturated rings. The molecule has 7 nitrogen and oxygen atoms in total. The van der Waals surface area contributed by atoms with Crippen LogP contribution in [0.3, 0.4) is 0 Å². The summed E-state index contributed by atoms with van der Waals surface area (Å²) in [5.41, 5.74) is 5.63. The van der Waals surface area contributed by atoms with Crippen molar-refractivity contribution in [2.45, 2.75) is 57.3 Å². The number of nitrogens with two attached hydrogens (primary N) is 1. The van der Waals surface area contributed by atoms with Crippen LogP contribution in [0.5, 0.6) is 0 Å². The van der Waals surface area contributed by atoms with Gasteiger partial charge in [-0.3, -0.25) is 9.59 Å². The van der Waals surface area contributed by atoms with Crippen LogP contribution in [0.1, 0.15) is 33.1 Å². The number of nitrogens with zero attached hydrogens (tertiary/aromatic N) is 1. The molecule has 22 heavy (non-hydrogen) atoms. The van der Waals surface area contributed by atoms with E-state index in [9.17, 15) is 14.7 Å². The van der Waals surface area contributed by atoms with Gasteiger partial charge in [0.15, 0.2) is 0 Å². The zero-order chi connectivity index (χ0) is 16.3. The maximum Gasteiger partial charge on any atom is 0.239 e. The largest absolute Gasteiger partial charge is 0.392 e. The fourth-order valence-electron chi connectivity index (χ4n) is 3.27. The Labute approximate surface area is 131 Å². The smallest absolute Gasteiger partial charge is 0.239 e. The van der Waals surface area contributed by atoms with Gasteiger partial charge in [-0.05, 0) is 39.0 Å². The molecule has 0 aliphatic carbocycles. The normalized spacial score (nSPS) is 29.2. The molecule has 0 saturated carbocycles. The van der Waals surface area contributed by atoms with E-state index in [0.29, 0.717) is 32.0 Å². The molecule has 0 spiro atoms. The van der Waals surface area contributed by atoms with E-state index >= 15 is 0 Å². The maximum absolute atomic E-state index is 12.1. The first-order chi connectivity index (χ1) is 10.4. The van der Waals surface area contributed by atoms with Crippen molar-refractivity contribution in [1.82, 2.24) is 15.5 Å². The standard InChI is InChI=1S/C15H28N4O3/c1-9(16)15(22)19-5-3-11(4-6-19)10(2)18-14(21)13-7-12(20)8-17-13/h9-13,17,20H,3-8,16H2,1-2H3,(H,18,21)/t9-,10?,12?,13?/m0/s1. The molecule has 7 heteroatoms. The quantitative estimate of drug-likeness (QED) is 0.521. The summed E-state index contributed by atoms with van der Waals surface area (Å²) in [6.07, 6.45) is 1.79. The van der Waals surface area contributed by atoms with E-state index in [0.717, 1.165) is 12.8 Å². The third-order valence-corrected chi connectivity index (χ3v) is 4.74. The third kappa shape index (κ3) is 4.18. The molecule has 0 radical (unpaired) electrons. The molecule has 3 unspecified atom stereocenters. The first-order valence-corrected chi connectivity index (χ1v) is 8.14. The van der Waals surface area contributed by atoms with E-state index < -0.39 is 12.1 Å². The number of aliphatic hydroxyl groups is 1. The van der Waals surface area contributed by atoms with Crippen LogP contribution in [-0.4, -0.2) is 65.7 Å². The molecule has 2 saturated heterocycles. The van der Waals surface area contributed by atoms with Gasteiger partial charge in [-0.2, -0.15) is 0 Å². The highest BCUT2D eigenvalue weighted by Crippen LogP contribution is 2.21. The first kappa shape index (κ1) is 17.2. The zero-order valence-corrected chi connectivity index (χ0v) is 13.4. The van der Waals surface area contributed by atoms with Crippen molar-refractivity contribution < 1.29 is 14.7 Å². The van der Waals surface area contributed by atoms with E-state index in [4.69, 9.17) is 5.73 Å². The van der Waals surface area contributed by atoms with Crippen molar-refractivity contribution in [1.29, 1.82) is 0 Å². The lowest BCUT2D eigenvalue weighted by Crippen LogP contribution is -2.51. The summed E-state index contributed by atoms with van der Waals surface area (Å²) in [7, 11) is 0. The number of rotatable bonds is 4. The monoisotopic (exact) mass is 312 g/mol. The van der Waals surface area contributed by atoms with Gasteiger partial charge in [-0.15, -0.1) is 0 Å². The van der Waals surface area contributed by atoms with Gasteiger partial charge in [0.2, 0.25) is 11.8 Å². The van der Waals surface area contributed by atoms with Crippen LogP contribution in [0.4, 0.5) is 0 Å². The van der Waals surface area contributed by atoms with E-state index in [2.05, 4.69) is 10.6 Å². The van der Waals surface area contributed by atoms with E-state index in [1.54, 1.807) is 6.92 Å². The van der Waals surface area contributed by atoms with Crippen molar-refractivity contribution in [3.63, 3.8) is 0 Å². The molecule has 2 amide bonds. The molecule has 2 aliphatic heterocycles. The molecule has 2 heterocycles. The number of carbonyl (C=O) groups excluding carboxylic acids is 2. The van der Waals surface area contributed by atoms with Crippen molar-refractivity contribution in [3.8, 4) is 0 Å². The Morgan fingerprint density at radius 3 is 2.45 bits per heavy atom. The molecule has 0 bridgehead atoms. The number of carbonyl (C=O) groups is 2. The van der Waals surface area contributed by atoms with Crippen LogP contribution in [0.15, 0.2) is 0 Å². The number of aliphatic hydroxyl groups excluding tert-OH is 1. The van der Waals surface area contributed by atoms with Crippen molar-refractivity contribution in [2.24, 2.45) is 11.7 Å². The number of piperidine rings is 1. The summed E-state index contributed by atoms with van der Waals surface area (Å²) < 4.78 is 0. The zero-order valence-electron chi connectivity index (χ0n) is 13.4. The SMILES string of the molecule is CC(NC(=O)C1CC(O)CN1)C1CCN(C(=O)[C@H](C)N)CC1. The number of likely N-dealkylation sites (tertiary alicyclic amines) is 1. The summed E-state index contributed by atoms with van der Waals surface area (Å²) >= 11 is 0. The lowest BCUT2D eigenvalue weighted by atomic mass is 9.90. The van der Waals surface area contributed by atoms with Gasteiger partial charge in [-0.25, -0.2) is 0 Å². The van der Waals surface area contributed by atoms with Crippen LogP contribution in [0.2, 0.25) is 0 Å². The first-order valence-electron chi connectivity index (χ1n) is 8.14. The van der Waals surface area contributed by atoms with Gasteiger partial charge in [0.05, 0.1) is 18.2 Å². The lowest BCUT2D eigenvalue weighted by molar-refractivity contribution is -0.134. The molecule has 0 aromatic rings. The highest BCUT2D eigenvalue weighted by Gasteiger charge is 2.32. The highest BCUT2D eigenvalue weighted by molar-refractivity contribution is 5.82. The maximum atomic E-state index is 12.1. The predicted molar refractivity (Wildman–Crippen MR) is 83.0 cm³/mol. The number of nitrogens with one attached hydrogen (secondary N) is 2. The van der Waals surface area contributed by atoms with Crippen molar-refractivity contribution in [3.05, 3.63) is 0 Å². The summed E-state index contributed by atoms with van der Waals surface area (Å²) in [6, 6.07) is -0.676. The molecule has 0 aromatic carbocycles. The number of β-amino-alcohol motifs (C(OH)–C–C–N with tert-alkyl or cyclic N) is 1. The molecule has 2 rings (SSSR count). The van der Waals surface area contributed by atoms with Gasteiger partial charge >= 0.3 is 0 Å². The van der Waals surface area contributed by atoms with Gasteiger partial charge in [-0.1, -0.05) is 0 Å². The van der Waals surface area contributed by atoms with E-state index in [1.807, 2.05) is 11.8 Å². The Kier molecular flexibility index (Phi) is 5.77. The average molecular weight is 312 g/mol. The van der Waals surface area contributed by atoms with Gasteiger partial charge in [0.1, 0.15) is 0 Å². The summed E-state index contributed by atoms with van der Waals surface area (Å²) in [4.78, 5) is 25.8. The second kappa shape index (κ2) is 7.39. The van der Waals surface area contributed by atoms with Gasteiger partial charge in [0, 0.05) is 25.7 Å². The fourth-order valence-corrected chi connectivity index (χ4v) is 3.27. The molecule has 4 atom stereocenters. The molecule has 0 aromatic heterocycles. The topological polar surface area (TPSA) is 108 Å². The average Bonchev–Trinajstić information content (AvgIpc) is 2.93. The summed E-state index contributed by atoms with van der Waals surface area (Å²) in [5, 5.41) is 15.5. The second-order valence-electron chi connectivity index (χ2n) is 6.60. The van der Waals surface area contributed by atoms with E-state index in [-0.39, 0.29) is 23.9 Å². The van der Waals surface area contributed by atoms with Crippen molar-refractivity contribution >= 4 is 11.8 Å². The van der Waals surface area contributed by atoms with Crippen LogP contribution < -0.4 is 16.4 Å². The Balaban J connectivity index is 1.76. The molecule has 5 N–H and O–H groups in total. The summed E-state index contributed by atoms with van der Waals surface area (Å²) in [5.74, 6) is 0.324. The molecular weight excluding hydrogens is 284 g/mol. The van der Waals surface area contributed by atoms with Crippen LogP contribution >= 0.6 is 0 Å². The Bertz CT molecular complexity index is 408. The minimum absolute atomic E-state index is 0.000665. The Hall–Kier alpha value is -1.18. The molecule has 126 valence electrons. The number of hydrogen-bond acceptors (Lipinski definition) is 5.